The zero-order chi connectivity index (χ0) is 13.2. The summed E-state index contributed by atoms with van der Waals surface area (Å²) in [4.78, 5) is 4.65. The van der Waals surface area contributed by atoms with Crippen LogP contribution in [0.15, 0.2) is 47.5 Å². The Morgan fingerprint density at radius 3 is 2.63 bits per heavy atom. The monoisotopic (exact) mass is 271 g/mol. The van der Waals surface area contributed by atoms with Crippen LogP contribution in [0.25, 0.3) is 0 Å². The molecule has 3 heteroatoms. The lowest BCUT2D eigenvalue weighted by Crippen LogP contribution is -2.14. The number of halogens is 1. The van der Waals surface area contributed by atoms with Crippen LogP contribution in [0, 0.1) is 0 Å². The molecule has 2 aromatic rings. The van der Waals surface area contributed by atoms with Gasteiger partial charge in [0.25, 0.3) is 0 Å². The summed E-state index contributed by atoms with van der Waals surface area (Å²) in [6.45, 7) is 0.829. The maximum absolute atomic E-state index is 6.10. The lowest BCUT2D eigenvalue weighted by Gasteiger charge is -2.17. The van der Waals surface area contributed by atoms with Crippen molar-refractivity contribution in [2.45, 2.75) is 6.42 Å². The summed E-state index contributed by atoms with van der Waals surface area (Å²) >= 11 is 6.10. The average Bonchev–Trinajstić information content (AvgIpc) is 2.47. The molecule has 0 fully saturated rings. The molecule has 0 bridgehead atoms. The zero-order valence-corrected chi connectivity index (χ0v) is 11.4. The molecule has 0 unspecified atom stereocenters. The van der Waals surface area contributed by atoms with Gasteiger partial charge in [0, 0.05) is 22.7 Å². The minimum Gasteiger partial charge on any atom is -0.497 e. The van der Waals surface area contributed by atoms with Gasteiger partial charge in [-0.2, -0.15) is 0 Å². The number of rotatable bonds is 2. The smallest absolute Gasteiger partial charge is 0.118 e. The van der Waals surface area contributed by atoms with Gasteiger partial charge in [0.1, 0.15) is 5.75 Å². The highest BCUT2D eigenvalue weighted by atomic mass is 35.5. The summed E-state index contributed by atoms with van der Waals surface area (Å²) in [5.41, 5.74) is 4.57. The van der Waals surface area contributed by atoms with Gasteiger partial charge >= 0.3 is 0 Å². The first-order chi connectivity index (χ1) is 9.28. The van der Waals surface area contributed by atoms with Gasteiger partial charge in [-0.25, -0.2) is 0 Å². The van der Waals surface area contributed by atoms with Crippen molar-refractivity contribution in [2.75, 3.05) is 13.7 Å². The molecule has 3 rings (SSSR count). The van der Waals surface area contributed by atoms with Crippen LogP contribution in [0.5, 0.6) is 5.75 Å². The Bertz CT molecular complexity index is 632. The lowest BCUT2D eigenvalue weighted by atomic mass is 9.93. The van der Waals surface area contributed by atoms with E-state index in [9.17, 15) is 0 Å². The highest BCUT2D eigenvalue weighted by Crippen LogP contribution is 2.24. The van der Waals surface area contributed by atoms with Crippen molar-refractivity contribution in [3.05, 3.63) is 64.2 Å². The second-order valence-corrected chi connectivity index (χ2v) is 4.95. The fourth-order valence-electron chi connectivity index (χ4n) is 2.36. The third-order valence-corrected chi connectivity index (χ3v) is 3.58. The Balaban J connectivity index is 2.05. The highest BCUT2D eigenvalue weighted by molar-refractivity contribution is 6.31. The first-order valence-electron chi connectivity index (χ1n) is 6.25. The molecule has 2 aromatic carbocycles. The van der Waals surface area contributed by atoms with E-state index in [1.165, 1.54) is 5.56 Å². The molecule has 1 aliphatic rings. The van der Waals surface area contributed by atoms with Crippen LogP contribution in [0.2, 0.25) is 5.02 Å². The van der Waals surface area contributed by atoms with Crippen molar-refractivity contribution < 1.29 is 4.74 Å². The summed E-state index contributed by atoms with van der Waals surface area (Å²) in [7, 11) is 1.67. The molecule has 19 heavy (non-hydrogen) atoms. The van der Waals surface area contributed by atoms with Gasteiger partial charge < -0.3 is 4.74 Å². The Labute approximate surface area is 117 Å². The number of ether oxygens (including phenoxy) is 1. The van der Waals surface area contributed by atoms with Gasteiger partial charge in [-0.1, -0.05) is 17.7 Å². The standard InChI is InChI=1S/C16H14ClNO/c1-19-14-6-3-12(4-7-14)16-15-10-13(17)5-2-11(15)8-9-18-16/h2-7,10H,8-9H2,1H3. The predicted octanol–water partition coefficient (Wildman–Crippen LogP) is 3.74. The molecule has 96 valence electrons. The van der Waals surface area contributed by atoms with Crippen LogP contribution in [0.3, 0.4) is 0 Å². The summed E-state index contributed by atoms with van der Waals surface area (Å²) in [5, 5.41) is 0.752. The summed E-state index contributed by atoms with van der Waals surface area (Å²) < 4.78 is 5.18. The molecule has 0 aromatic heterocycles. The maximum atomic E-state index is 6.10. The number of fused-ring (bicyclic) bond motifs is 1. The van der Waals surface area contributed by atoms with Gasteiger partial charge in [-0.3, -0.25) is 4.99 Å². The molecule has 0 N–H and O–H groups in total. The van der Waals surface area contributed by atoms with E-state index in [0.717, 1.165) is 40.6 Å². The van der Waals surface area contributed by atoms with Crippen molar-refractivity contribution in [1.29, 1.82) is 0 Å². The Morgan fingerprint density at radius 1 is 1.11 bits per heavy atom. The number of hydrogen-bond donors (Lipinski definition) is 0. The van der Waals surface area contributed by atoms with E-state index in [1.54, 1.807) is 7.11 Å². The molecular formula is C16H14ClNO. The van der Waals surface area contributed by atoms with E-state index in [4.69, 9.17) is 16.3 Å². The Morgan fingerprint density at radius 2 is 1.89 bits per heavy atom. The minimum absolute atomic E-state index is 0.752. The molecule has 0 saturated heterocycles. The molecular weight excluding hydrogens is 258 g/mol. The average molecular weight is 272 g/mol. The number of hydrogen-bond acceptors (Lipinski definition) is 2. The molecule has 1 heterocycles. The van der Waals surface area contributed by atoms with E-state index in [0.29, 0.717) is 0 Å². The van der Waals surface area contributed by atoms with Gasteiger partial charge in [0.2, 0.25) is 0 Å². The summed E-state index contributed by atoms with van der Waals surface area (Å²) in [6.07, 6.45) is 0.978. The fraction of sp³-hybridized carbons (Fsp3) is 0.188. The van der Waals surface area contributed by atoms with E-state index >= 15 is 0 Å². The third kappa shape index (κ3) is 2.36. The van der Waals surface area contributed by atoms with E-state index in [2.05, 4.69) is 11.1 Å². The number of benzene rings is 2. The number of methoxy groups -OCH3 is 1. The quantitative estimate of drug-likeness (QED) is 0.815. The molecule has 0 atom stereocenters. The SMILES string of the molecule is COc1ccc(C2=NCCc3ccc(Cl)cc32)cc1. The van der Waals surface area contributed by atoms with E-state index < -0.39 is 0 Å². The fourth-order valence-corrected chi connectivity index (χ4v) is 2.53. The molecule has 0 spiro atoms. The Hall–Kier alpha value is -1.80. The van der Waals surface area contributed by atoms with Crippen LogP contribution < -0.4 is 4.74 Å². The number of nitrogens with zero attached hydrogens (tertiary/aromatic N) is 1. The van der Waals surface area contributed by atoms with Gasteiger partial charge in [-0.05, 0) is 48.4 Å². The molecule has 0 saturated carbocycles. The summed E-state index contributed by atoms with van der Waals surface area (Å²) in [6, 6.07) is 14.0. The maximum Gasteiger partial charge on any atom is 0.118 e. The van der Waals surface area contributed by atoms with Crippen molar-refractivity contribution in [3.63, 3.8) is 0 Å². The van der Waals surface area contributed by atoms with Crippen LogP contribution >= 0.6 is 11.6 Å². The second-order valence-electron chi connectivity index (χ2n) is 4.51. The van der Waals surface area contributed by atoms with Gasteiger partial charge in [-0.15, -0.1) is 0 Å². The number of aliphatic imine (C=N–C) groups is 1. The first-order valence-corrected chi connectivity index (χ1v) is 6.63. The van der Waals surface area contributed by atoms with Gasteiger partial charge in [0.15, 0.2) is 0 Å². The van der Waals surface area contributed by atoms with Crippen LogP contribution in [-0.2, 0) is 6.42 Å². The molecule has 2 nitrogen and oxygen atoms in total. The molecule has 0 aliphatic carbocycles. The van der Waals surface area contributed by atoms with Crippen LogP contribution in [0.1, 0.15) is 16.7 Å². The Kier molecular flexibility index (Phi) is 3.26. The van der Waals surface area contributed by atoms with Gasteiger partial charge in [0.05, 0.1) is 12.8 Å². The van der Waals surface area contributed by atoms with Crippen LogP contribution in [-0.4, -0.2) is 19.4 Å². The van der Waals surface area contributed by atoms with E-state index in [1.807, 2.05) is 36.4 Å². The highest BCUT2D eigenvalue weighted by Gasteiger charge is 2.16. The first kappa shape index (κ1) is 12.2. The molecule has 1 aliphatic heterocycles. The van der Waals surface area contributed by atoms with Crippen LogP contribution in [0.4, 0.5) is 0 Å². The van der Waals surface area contributed by atoms with Crippen molar-refractivity contribution >= 4 is 17.3 Å². The second kappa shape index (κ2) is 5.06. The van der Waals surface area contributed by atoms with Crippen molar-refractivity contribution in [3.8, 4) is 5.75 Å². The zero-order valence-electron chi connectivity index (χ0n) is 10.7. The largest absolute Gasteiger partial charge is 0.497 e. The lowest BCUT2D eigenvalue weighted by molar-refractivity contribution is 0.415. The summed E-state index contributed by atoms with van der Waals surface area (Å²) in [5.74, 6) is 0.853. The predicted molar refractivity (Wildman–Crippen MR) is 78.7 cm³/mol. The van der Waals surface area contributed by atoms with E-state index in [-0.39, 0.29) is 0 Å². The minimum atomic E-state index is 0.752. The van der Waals surface area contributed by atoms with Crippen molar-refractivity contribution in [1.82, 2.24) is 0 Å². The molecule has 0 radical (unpaired) electrons. The third-order valence-electron chi connectivity index (χ3n) is 3.34. The topological polar surface area (TPSA) is 21.6 Å². The van der Waals surface area contributed by atoms with Crippen molar-refractivity contribution in [2.24, 2.45) is 4.99 Å². The normalized spacial score (nSPS) is 13.7. The molecule has 0 amide bonds.